The van der Waals surface area contributed by atoms with Crippen LogP contribution < -0.4 is 11.1 Å². The van der Waals surface area contributed by atoms with Crippen LogP contribution in [0.1, 0.15) is 26.7 Å². The molecule has 3 atom stereocenters. The number of nitrogens with two attached hydrogens (primary N) is 1. The molecule has 0 spiro atoms. The second-order valence-corrected chi connectivity index (χ2v) is 5.19. The first kappa shape index (κ1) is 12.7. The summed E-state index contributed by atoms with van der Waals surface area (Å²) in [5.74, 6) is 1.31. The number of rotatable bonds is 3. The SMILES string of the molecule is CC1CCC(Nc2ccc([N+](=O)[O-])cc2N)C1C. The van der Waals surface area contributed by atoms with Gasteiger partial charge in [-0.15, -0.1) is 0 Å². The molecule has 1 aliphatic rings. The van der Waals surface area contributed by atoms with E-state index in [2.05, 4.69) is 19.2 Å². The minimum atomic E-state index is -0.430. The van der Waals surface area contributed by atoms with Gasteiger partial charge in [0.25, 0.3) is 5.69 Å². The summed E-state index contributed by atoms with van der Waals surface area (Å²) in [6.45, 7) is 4.49. The molecule has 1 aromatic rings. The Morgan fingerprint density at radius 3 is 2.61 bits per heavy atom. The Kier molecular flexibility index (Phi) is 3.41. The van der Waals surface area contributed by atoms with Gasteiger partial charge >= 0.3 is 0 Å². The van der Waals surface area contributed by atoms with E-state index in [0.717, 1.165) is 12.1 Å². The van der Waals surface area contributed by atoms with Gasteiger partial charge in [-0.25, -0.2) is 0 Å². The average molecular weight is 249 g/mol. The molecule has 1 aromatic carbocycles. The molecule has 0 heterocycles. The van der Waals surface area contributed by atoms with Crippen LogP contribution in [0.3, 0.4) is 0 Å². The van der Waals surface area contributed by atoms with Crippen LogP contribution in [-0.2, 0) is 0 Å². The molecular weight excluding hydrogens is 230 g/mol. The van der Waals surface area contributed by atoms with Gasteiger partial charge in [0.2, 0.25) is 0 Å². The molecule has 1 fully saturated rings. The first-order valence-corrected chi connectivity index (χ1v) is 6.29. The average Bonchev–Trinajstić information content (AvgIpc) is 2.63. The van der Waals surface area contributed by atoms with Crippen molar-refractivity contribution in [2.45, 2.75) is 32.7 Å². The number of non-ortho nitro benzene ring substituents is 1. The van der Waals surface area contributed by atoms with Gasteiger partial charge in [-0.3, -0.25) is 10.1 Å². The van der Waals surface area contributed by atoms with Crippen molar-refractivity contribution in [1.29, 1.82) is 0 Å². The second-order valence-electron chi connectivity index (χ2n) is 5.19. The Morgan fingerprint density at radius 2 is 2.11 bits per heavy atom. The zero-order valence-corrected chi connectivity index (χ0v) is 10.7. The van der Waals surface area contributed by atoms with Crippen molar-refractivity contribution in [2.75, 3.05) is 11.1 Å². The van der Waals surface area contributed by atoms with Crippen LogP contribution in [0, 0.1) is 22.0 Å². The second kappa shape index (κ2) is 4.84. The van der Waals surface area contributed by atoms with E-state index in [9.17, 15) is 10.1 Å². The molecule has 0 aliphatic heterocycles. The highest BCUT2D eigenvalue weighted by atomic mass is 16.6. The zero-order chi connectivity index (χ0) is 13.3. The van der Waals surface area contributed by atoms with E-state index in [-0.39, 0.29) is 5.69 Å². The summed E-state index contributed by atoms with van der Waals surface area (Å²) in [7, 11) is 0. The monoisotopic (exact) mass is 249 g/mol. The molecule has 5 heteroatoms. The van der Waals surface area contributed by atoms with Crippen molar-refractivity contribution < 1.29 is 4.92 Å². The van der Waals surface area contributed by atoms with Crippen molar-refractivity contribution in [2.24, 2.45) is 11.8 Å². The minimum Gasteiger partial charge on any atom is -0.397 e. The number of nitrogen functional groups attached to an aromatic ring is 1. The third-order valence-electron chi connectivity index (χ3n) is 4.05. The number of nitro groups is 1. The normalized spacial score (nSPS) is 27.1. The maximum absolute atomic E-state index is 10.6. The zero-order valence-electron chi connectivity index (χ0n) is 10.7. The van der Waals surface area contributed by atoms with Gasteiger partial charge in [0.1, 0.15) is 0 Å². The summed E-state index contributed by atoms with van der Waals surface area (Å²) in [4.78, 5) is 10.2. The molecule has 18 heavy (non-hydrogen) atoms. The van der Waals surface area contributed by atoms with E-state index < -0.39 is 4.92 Å². The van der Waals surface area contributed by atoms with Gasteiger partial charge in [-0.2, -0.15) is 0 Å². The highest BCUT2D eigenvalue weighted by Gasteiger charge is 2.29. The molecule has 0 amide bonds. The third-order valence-corrected chi connectivity index (χ3v) is 4.05. The molecule has 98 valence electrons. The van der Waals surface area contributed by atoms with Crippen LogP contribution in [0.4, 0.5) is 17.1 Å². The van der Waals surface area contributed by atoms with E-state index in [1.807, 2.05) is 0 Å². The van der Waals surface area contributed by atoms with Crippen LogP contribution in [-0.4, -0.2) is 11.0 Å². The number of hydrogen-bond donors (Lipinski definition) is 2. The predicted octanol–water partition coefficient (Wildman–Crippen LogP) is 3.02. The number of anilines is 2. The lowest BCUT2D eigenvalue weighted by Crippen LogP contribution is -2.24. The number of nitrogens with one attached hydrogen (secondary N) is 1. The lowest BCUT2D eigenvalue weighted by atomic mass is 9.97. The van der Waals surface area contributed by atoms with Gasteiger partial charge in [-0.1, -0.05) is 13.8 Å². The summed E-state index contributed by atoms with van der Waals surface area (Å²) in [5, 5.41) is 14.0. The van der Waals surface area contributed by atoms with Gasteiger partial charge in [0, 0.05) is 18.2 Å². The number of benzene rings is 1. The summed E-state index contributed by atoms with van der Waals surface area (Å²) < 4.78 is 0. The first-order chi connectivity index (χ1) is 8.49. The highest BCUT2D eigenvalue weighted by molar-refractivity contribution is 5.69. The lowest BCUT2D eigenvalue weighted by molar-refractivity contribution is -0.384. The highest BCUT2D eigenvalue weighted by Crippen LogP contribution is 2.35. The Labute approximate surface area is 107 Å². The number of nitrogens with zero attached hydrogens (tertiary/aromatic N) is 1. The third kappa shape index (κ3) is 2.39. The predicted molar refractivity (Wildman–Crippen MR) is 72.5 cm³/mol. The van der Waals surface area contributed by atoms with E-state index in [1.165, 1.54) is 18.6 Å². The van der Waals surface area contributed by atoms with E-state index in [4.69, 9.17) is 5.73 Å². The van der Waals surface area contributed by atoms with Gasteiger partial charge < -0.3 is 11.1 Å². The number of hydrogen-bond acceptors (Lipinski definition) is 4. The van der Waals surface area contributed by atoms with Crippen molar-refractivity contribution in [3.05, 3.63) is 28.3 Å². The fourth-order valence-electron chi connectivity index (χ4n) is 2.56. The molecule has 5 nitrogen and oxygen atoms in total. The Bertz CT molecular complexity index is 462. The van der Waals surface area contributed by atoms with E-state index >= 15 is 0 Å². The van der Waals surface area contributed by atoms with Gasteiger partial charge in [0.15, 0.2) is 0 Å². The fraction of sp³-hybridized carbons (Fsp3) is 0.538. The van der Waals surface area contributed by atoms with Crippen molar-refractivity contribution in [3.8, 4) is 0 Å². The quantitative estimate of drug-likeness (QED) is 0.490. The Morgan fingerprint density at radius 1 is 1.39 bits per heavy atom. The maximum atomic E-state index is 10.6. The minimum absolute atomic E-state index is 0.0332. The van der Waals surface area contributed by atoms with Crippen molar-refractivity contribution in [3.63, 3.8) is 0 Å². The standard InChI is InChI=1S/C13H19N3O2/c1-8-3-5-12(9(8)2)15-13-6-4-10(16(17)18)7-11(13)14/h4,6-9,12,15H,3,5,14H2,1-2H3. The summed E-state index contributed by atoms with van der Waals surface area (Å²) in [6.07, 6.45) is 2.34. The molecular formula is C13H19N3O2. The molecule has 1 aliphatic carbocycles. The maximum Gasteiger partial charge on any atom is 0.271 e. The Balaban J connectivity index is 2.13. The van der Waals surface area contributed by atoms with E-state index in [0.29, 0.717) is 23.6 Å². The largest absolute Gasteiger partial charge is 0.397 e. The smallest absolute Gasteiger partial charge is 0.271 e. The fourth-order valence-corrected chi connectivity index (χ4v) is 2.56. The topological polar surface area (TPSA) is 81.2 Å². The molecule has 3 N–H and O–H groups in total. The van der Waals surface area contributed by atoms with Crippen molar-refractivity contribution >= 4 is 17.1 Å². The number of nitro benzene ring substituents is 1. The summed E-state index contributed by atoms with van der Waals surface area (Å²) in [6, 6.07) is 5.00. The molecule has 3 unspecified atom stereocenters. The first-order valence-electron chi connectivity index (χ1n) is 6.29. The van der Waals surface area contributed by atoms with Crippen LogP contribution in [0.15, 0.2) is 18.2 Å². The van der Waals surface area contributed by atoms with Crippen LogP contribution in [0.5, 0.6) is 0 Å². The molecule has 2 rings (SSSR count). The molecule has 0 bridgehead atoms. The van der Waals surface area contributed by atoms with Crippen LogP contribution in [0.25, 0.3) is 0 Å². The summed E-state index contributed by atoms with van der Waals surface area (Å²) >= 11 is 0. The lowest BCUT2D eigenvalue weighted by Gasteiger charge is -2.21. The van der Waals surface area contributed by atoms with Crippen LogP contribution in [0.2, 0.25) is 0 Å². The van der Waals surface area contributed by atoms with Crippen molar-refractivity contribution in [1.82, 2.24) is 0 Å². The molecule has 0 radical (unpaired) electrons. The Hall–Kier alpha value is -1.78. The molecule has 0 saturated heterocycles. The van der Waals surface area contributed by atoms with Gasteiger partial charge in [0.05, 0.1) is 16.3 Å². The van der Waals surface area contributed by atoms with Crippen LogP contribution >= 0.6 is 0 Å². The van der Waals surface area contributed by atoms with Gasteiger partial charge in [-0.05, 0) is 30.7 Å². The molecule has 1 saturated carbocycles. The molecule has 0 aromatic heterocycles. The van der Waals surface area contributed by atoms with E-state index in [1.54, 1.807) is 6.07 Å². The summed E-state index contributed by atoms with van der Waals surface area (Å²) in [5.41, 5.74) is 7.12.